The van der Waals surface area contributed by atoms with Crippen molar-refractivity contribution < 1.29 is 31.8 Å². The smallest absolute Gasteiger partial charge is 0.307 e. The van der Waals surface area contributed by atoms with E-state index in [0.717, 1.165) is 18.2 Å². The van der Waals surface area contributed by atoms with Crippen LogP contribution in [0.5, 0.6) is 5.75 Å². The number of benzene rings is 2. The summed E-state index contributed by atoms with van der Waals surface area (Å²) in [7, 11) is -3.04. The number of carbonyl (C=O) groups is 1. The number of methoxy groups -OCH3 is 1. The standard InChI is InChI=1S/C15H13F2NO5S/c1-23-13-5-2-9(7-15(19)20)6-14(13)24(21,22)18-12-4-3-10(16)8-11(12)17/h2-6,8,18H,7H2,1H3,(H,19,20). The molecule has 0 heterocycles. The van der Waals surface area contributed by atoms with Gasteiger partial charge in [0.05, 0.1) is 19.2 Å². The van der Waals surface area contributed by atoms with Crippen molar-refractivity contribution in [3.05, 3.63) is 53.6 Å². The third-order valence-electron chi connectivity index (χ3n) is 3.05. The molecule has 6 nitrogen and oxygen atoms in total. The molecule has 0 radical (unpaired) electrons. The zero-order chi connectivity index (χ0) is 17.9. The van der Waals surface area contributed by atoms with Crippen LogP contribution in [0.2, 0.25) is 0 Å². The molecule has 9 heteroatoms. The highest BCUT2D eigenvalue weighted by Gasteiger charge is 2.22. The SMILES string of the molecule is COc1ccc(CC(=O)O)cc1S(=O)(=O)Nc1ccc(F)cc1F. The fourth-order valence-corrected chi connectivity index (χ4v) is 3.28. The highest BCUT2D eigenvalue weighted by molar-refractivity contribution is 7.92. The fraction of sp³-hybridized carbons (Fsp3) is 0.133. The van der Waals surface area contributed by atoms with Gasteiger partial charge in [-0.15, -0.1) is 0 Å². The first-order valence-electron chi connectivity index (χ1n) is 6.59. The van der Waals surface area contributed by atoms with Crippen LogP contribution in [0.15, 0.2) is 41.3 Å². The largest absolute Gasteiger partial charge is 0.495 e. The Balaban J connectivity index is 2.45. The molecule has 0 aromatic heterocycles. The van der Waals surface area contributed by atoms with Gasteiger partial charge < -0.3 is 9.84 Å². The number of hydrogen-bond acceptors (Lipinski definition) is 4. The third kappa shape index (κ3) is 3.99. The summed E-state index contributed by atoms with van der Waals surface area (Å²) >= 11 is 0. The summed E-state index contributed by atoms with van der Waals surface area (Å²) in [4.78, 5) is 10.4. The molecule has 0 fully saturated rings. The Morgan fingerprint density at radius 3 is 2.50 bits per heavy atom. The number of ether oxygens (including phenoxy) is 1. The predicted molar refractivity (Wildman–Crippen MR) is 81.5 cm³/mol. The molecule has 0 unspecified atom stereocenters. The number of aliphatic carboxylic acids is 1. The Bertz CT molecular complexity index is 883. The van der Waals surface area contributed by atoms with Crippen LogP contribution in [0.1, 0.15) is 5.56 Å². The zero-order valence-electron chi connectivity index (χ0n) is 12.4. The summed E-state index contributed by atoms with van der Waals surface area (Å²) in [5.41, 5.74) is -0.217. The lowest BCUT2D eigenvalue weighted by Gasteiger charge is -2.13. The molecule has 2 rings (SSSR count). The molecule has 0 amide bonds. The molecular formula is C15H13F2NO5S. The number of anilines is 1. The van der Waals surface area contributed by atoms with E-state index in [1.807, 2.05) is 4.72 Å². The van der Waals surface area contributed by atoms with Gasteiger partial charge in [0.15, 0.2) is 0 Å². The van der Waals surface area contributed by atoms with Crippen LogP contribution < -0.4 is 9.46 Å². The van der Waals surface area contributed by atoms with Gasteiger partial charge in [0.1, 0.15) is 22.3 Å². The normalized spacial score (nSPS) is 11.1. The Kier molecular flexibility index (Phi) is 5.03. The molecule has 24 heavy (non-hydrogen) atoms. The lowest BCUT2D eigenvalue weighted by atomic mass is 10.1. The van der Waals surface area contributed by atoms with Gasteiger partial charge in [-0.1, -0.05) is 6.07 Å². The summed E-state index contributed by atoms with van der Waals surface area (Å²) in [6.45, 7) is 0. The van der Waals surface area contributed by atoms with Gasteiger partial charge in [-0.25, -0.2) is 17.2 Å². The maximum absolute atomic E-state index is 13.7. The van der Waals surface area contributed by atoms with Crippen molar-refractivity contribution in [3.63, 3.8) is 0 Å². The van der Waals surface area contributed by atoms with Crippen LogP contribution in [0.25, 0.3) is 0 Å². The number of carboxylic acids is 1. The molecular weight excluding hydrogens is 344 g/mol. The summed E-state index contributed by atoms with van der Waals surface area (Å²) in [5.74, 6) is -3.11. The molecule has 2 aromatic carbocycles. The lowest BCUT2D eigenvalue weighted by Crippen LogP contribution is -2.16. The average Bonchev–Trinajstić information content (AvgIpc) is 2.49. The topological polar surface area (TPSA) is 92.7 Å². The molecule has 0 aliphatic rings. The van der Waals surface area contributed by atoms with Gasteiger partial charge in [-0.3, -0.25) is 9.52 Å². The van der Waals surface area contributed by atoms with Crippen LogP contribution in [-0.4, -0.2) is 26.6 Å². The zero-order valence-corrected chi connectivity index (χ0v) is 13.2. The molecule has 2 N–H and O–H groups in total. The quantitative estimate of drug-likeness (QED) is 0.828. The van der Waals surface area contributed by atoms with Crippen LogP contribution in [0, 0.1) is 11.6 Å². The van der Waals surface area contributed by atoms with Crippen molar-refractivity contribution in [3.8, 4) is 5.75 Å². The number of carboxylic acid groups (broad SMARTS) is 1. The summed E-state index contributed by atoms with van der Waals surface area (Å²) in [5, 5.41) is 8.80. The average molecular weight is 357 g/mol. The van der Waals surface area contributed by atoms with Gasteiger partial charge in [0, 0.05) is 6.07 Å². The fourth-order valence-electron chi connectivity index (χ4n) is 1.99. The predicted octanol–water partition coefficient (Wildman–Crippen LogP) is 2.40. The number of nitrogens with one attached hydrogen (secondary N) is 1. The van der Waals surface area contributed by atoms with Crippen molar-refractivity contribution in [1.29, 1.82) is 0 Å². The minimum Gasteiger partial charge on any atom is -0.495 e. The van der Waals surface area contributed by atoms with Crippen molar-refractivity contribution in [2.24, 2.45) is 0 Å². The highest BCUT2D eigenvalue weighted by atomic mass is 32.2. The Morgan fingerprint density at radius 2 is 1.92 bits per heavy atom. The van der Waals surface area contributed by atoms with E-state index >= 15 is 0 Å². The minimum atomic E-state index is -4.28. The van der Waals surface area contributed by atoms with Crippen LogP contribution in [-0.2, 0) is 21.2 Å². The Morgan fingerprint density at radius 1 is 1.21 bits per heavy atom. The molecule has 0 aliphatic heterocycles. The molecule has 128 valence electrons. The number of rotatable bonds is 6. The molecule has 0 atom stereocenters. The van der Waals surface area contributed by atoms with Gasteiger partial charge in [-0.2, -0.15) is 0 Å². The van der Waals surface area contributed by atoms with Crippen molar-refractivity contribution >= 4 is 21.7 Å². The minimum absolute atomic E-state index is 0.0424. The highest BCUT2D eigenvalue weighted by Crippen LogP contribution is 2.28. The second kappa shape index (κ2) is 6.83. The van der Waals surface area contributed by atoms with E-state index in [1.54, 1.807) is 0 Å². The van der Waals surface area contributed by atoms with E-state index in [0.29, 0.717) is 6.07 Å². The first-order chi connectivity index (χ1) is 11.2. The monoisotopic (exact) mass is 357 g/mol. The molecule has 0 aliphatic carbocycles. The molecule has 0 bridgehead atoms. The third-order valence-corrected chi connectivity index (χ3v) is 4.44. The first kappa shape index (κ1) is 17.7. The van der Waals surface area contributed by atoms with E-state index in [9.17, 15) is 22.0 Å². The maximum Gasteiger partial charge on any atom is 0.307 e. The van der Waals surface area contributed by atoms with E-state index < -0.39 is 39.7 Å². The first-order valence-corrected chi connectivity index (χ1v) is 8.08. The van der Waals surface area contributed by atoms with Gasteiger partial charge >= 0.3 is 5.97 Å². The molecule has 0 saturated carbocycles. The molecule has 0 saturated heterocycles. The van der Waals surface area contributed by atoms with E-state index in [1.165, 1.54) is 19.2 Å². The lowest BCUT2D eigenvalue weighted by molar-refractivity contribution is -0.136. The Labute approximate surface area is 136 Å². The number of halogens is 2. The van der Waals surface area contributed by atoms with Gasteiger partial charge in [0.25, 0.3) is 10.0 Å². The summed E-state index contributed by atoms with van der Waals surface area (Å²) in [6.07, 6.45) is -0.391. The van der Waals surface area contributed by atoms with Crippen molar-refractivity contribution in [2.75, 3.05) is 11.8 Å². The second-order valence-electron chi connectivity index (χ2n) is 4.79. The Hall–Kier alpha value is -2.68. The van der Waals surface area contributed by atoms with Gasteiger partial charge in [-0.05, 0) is 29.8 Å². The molecule has 0 spiro atoms. The van der Waals surface area contributed by atoms with Crippen LogP contribution in [0.3, 0.4) is 0 Å². The van der Waals surface area contributed by atoms with E-state index in [2.05, 4.69) is 0 Å². The van der Waals surface area contributed by atoms with Crippen molar-refractivity contribution in [1.82, 2.24) is 0 Å². The van der Waals surface area contributed by atoms with E-state index in [4.69, 9.17) is 9.84 Å². The van der Waals surface area contributed by atoms with Crippen LogP contribution in [0.4, 0.5) is 14.5 Å². The summed E-state index contributed by atoms with van der Waals surface area (Å²) in [6, 6.07) is 6.21. The van der Waals surface area contributed by atoms with Crippen LogP contribution >= 0.6 is 0 Å². The maximum atomic E-state index is 13.7. The van der Waals surface area contributed by atoms with E-state index in [-0.39, 0.29) is 16.2 Å². The second-order valence-corrected chi connectivity index (χ2v) is 6.44. The number of sulfonamides is 1. The van der Waals surface area contributed by atoms with Gasteiger partial charge in [0.2, 0.25) is 0 Å². The number of hydrogen-bond donors (Lipinski definition) is 2. The molecule has 2 aromatic rings. The van der Waals surface area contributed by atoms with Crippen molar-refractivity contribution in [2.45, 2.75) is 11.3 Å². The summed E-state index contributed by atoms with van der Waals surface area (Å²) < 4.78 is 58.4.